The lowest BCUT2D eigenvalue weighted by atomic mass is 9.95. The third kappa shape index (κ3) is 4.08. The Kier molecular flexibility index (Phi) is 5.83. The van der Waals surface area contributed by atoms with Gasteiger partial charge in [0.15, 0.2) is 5.76 Å². The Balaban J connectivity index is 1.76. The van der Waals surface area contributed by atoms with Crippen LogP contribution in [0.15, 0.2) is 51.9 Å². The average Bonchev–Trinajstić information content (AvgIpc) is 3.08. The van der Waals surface area contributed by atoms with Gasteiger partial charge in [-0.25, -0.2) is 8.42 Å². The number of anilines is 1. The van der Waals surface area contributed by atoms with Crippen LogP contribution in [0.2, 0.25) is 10.0 Å². The Morgan fingerprint density at radius 3 is 2.55 bits per heavy atom. The number of rotatable bonds is 4. The monoisotopic (exact) mass is 479 g/mol. The largest absolute Gasteiger partial charge is 0.360 e. The van der Waals surface area contributed by atoms with Crippen LogP contribution in [-0.4, -0.2) is 29.8 Å². The van der Waals surface area contributed by atoms with Crippen molar-refractivity contribution >= 4 is 44.8 Å². The molecule has 31 heavy (non-hydrogen) atoms. The van der Waals surface area contributed by atoms with Gasteiger partial charge in [0, 0.05) is 11.6 Å². The molecular formula is C21H19Cl2N3O4S. The van der Waals surface area contributed by atoms with Crippen molar-refractivity contribution in [2.75, 3.05) is 5.32 Å². The number of sulfonamides is 1. The van der Waals surface area contributed by atoms with Crippen molar-refractivity contribution in [3.05, 3.63) is 75.1 Å². The fourth-order valence-electron chi connectivity index (χ4n) is 3.74. The van der Waals surface area contributed by atoms with Crippen molar-refractivity contribution in [2.45, 2.75) is 37.8 Å². The Bertz CT molecular complexity index is 1250. The van der Waals surface area contributed by atoms with Gasteiger partial charge >= 0.3 is 0 Å². The van der Waals surface area contributed by atoms with Crippen LogP contribution in [0.5, 0.6) is 0 Å². The highest BCUT2D eigenvalue weighted by Crippen LogP contribution is 2.33. The summed E-state index contributed by atoms with van der Waals surface area (Å²) in [6.07, 6.45) is 0.211. The van der Waals surface area contributed by atoms with E-state index in [1.54, 1.807) is 19.1 Å². The van der Waals surface area contributed by atoms with Crippen LogP contribution >= 0.6 is 23.2 Å². The van der Waals surface area contributed by atoms with E-state index in [1.807, 2.05) is 24.3 Å². The standard InChI is InChI=1S/C21H19Cl2N3O4S/c1-12-20(13(2)30-25-12)31(28,29)26-11-15-6-4-3-5-14(15)9-19(26)21(27)24-18-10-16(22)7-8-17(18)23/h3-8,10,19H,9,11H2,1-2H3,(H,24,27). The molecule has 1 atom stereocenters. The molecule has 7 nitrogen and oxygen atoms in total. The van der Waals surface area contributed by atoms with Gasteiger partial charge in [0.1, 0.15) is 16.6 Å². The first-order valence-corrected chi connectivity index (χ1v) is 11.7. The molecule has 0 fully saturated rings. The molecule has 0 spiro atoms. The minimum Gasteiger partial charge on any atom is -0.360 e. The van der Waals surface area contributed by atoms with Gasteiger partial charge in [0.2, 0.25) is 15.9 Å². The van der Waals surface area contributed by atoms with Crippen LogP contribution in [-0.2, 0) is 27.8 Å². The molecule has 1 N–H and O–H groups in total. The minimum absolute atomic E-state index is 0.0227. The van der Waals surface area contributed by atoms with Gasteiger partial charge in [0.05, 0.1) is 10.7 Å². The summed E-state index contributed by atoms with van der Waals surface area (Å²) in [5.74, 6) is -0.331. The van der Waals surface area contributed by atoms with Crippen LogP contribution in [0, 0.1) is 13.8 Å². The highest BCUT2D eigenvalue weighted by Gasteiger charge is 2.42. The molecule has 2 aromatic carbocycles. The van der Waals surface area contributed by atoms with Crippen LogP contribution in [0.4, 0.5) is 5.69 Å². The summed E-state index contributed by atoms with van der Waals surface area (Å²) in [5, 5.41) is 7.19. The summed E-state index contributed by atoms with van der Waals surface area (Å²) in [5.41, 5.74) is 2.30. The molecule has 0 bridgehead atoms. The van der Waals surface area contributed by atoms with Crippen LogP contribution in [0.25, 0.3) is 0 Å². The van der Waals surface area contributed by atoms with Crippen molar-refractivity contribution in [1.29, 1.82) is 0 Å². The number of carbonyl (C=O) groups is 1. The van der Waals surface area contributed by atoms with E-state index in [2.05, 4.69) is 10.5 Å². The van der Waals surface area contributed by atoms with E-state index in [1.165, 1.54) is 17.3 Å². The Morgan fingerprint density at radius 2 is 1.87 bits per heavy atom. The normalized spacial score (nSPS) is 16.7. The molecular weight excluding hydrogens is 461 g/mol. The number of nitrogens with one attached hydrogen (secondary N) is 1. The highest BCUT2D eigenvalue weighted by atomic mass is 35.5. The maximum Gasteiger partial charge on any atom is 0.249 e. The van der Waals surface area contributed by atoms with Gasteiger partial charge in [0.25, 0.3) is 0 Å². The zero-order valence-electron chi connectivity index (χ0n) is 16.7. The SMILES string of the molecule is Cc1noc(C)c1S(=O)(=O)N1Cc2ccccc2CC1C(=O)Nc1cc(Cl)ccc1Cl. The summed E-state index contributed by atoms with van der Waals surface area (Å²) in [7, 11) is -4.07. The second kappa shape index (κ2) is 8.27. The molecule has 10 heteroatoms. The van der Waals surface area contributed by atoms with Gasteiger partial charge in [-0.05, 0) is 49.6 Å². The average molecular weight is 480 g/mol. The lowest BCUT2D eigenvalue weighted by Crippen LogP contribution is -2.50. The molecule has 1 aliphatic rings. The van der Waals surface area contributed by atoms with E-state index in [9.17, 15) is 13.2 Å². The minimum atomic E-state index is -4.07. The molecule has 2 heterocycles. The predicted molar refractivity (Wildman–Crippen MR) is 118 cm³/mol. The Morgan fingerprint density at radius 1 is 1.16 bits per heavy atom. The summed E-state index contributed by atoms with van der Waals surface area (Å²) < 4.78 is 33.4. The smallest absolute Gasteiger partial charge is 0.249 e. The van der Waals surface area contributed by atoms with Crippen LogP contribution in [0.1, 0.15) is 22.6 Å². The van der Waals surface area contributed by atoms with Gasteiger partial charge in [-0.1, -0.05) is 52.6 Å². The number of fused-ring (bicyclic) bond motifs is 1. The lowest BCUT2D eigenvalue weighted by Gasteiger charge is -2.35. The maximum atomic E-state index is 13.6. The summed E-state index contributed by atoms with van der Waals surface area (Å²) in [4.78, 5) is 13.3. The third-order valence-corrected chi connectivity index (χ3v) is 7.89. The molecule has 162 valence electrons. The van der Waals surface area contributed by atoms with Crippen molar-refractivity contribution < 1.29 is 17.7 Å². The topological polar surface area (TPSA) is 92.5 Å². The molecule has 0 saturated carbocycles. The van der Waals surface area contributed by atoms with Gasteiger partial charge in [-0.15, -0.1) is 0 Å². The number of amides is 1. The first-order valence-electron chi connectivity index (χ1n) is 9.46. The number of nitrogens with zero attached hydrogens (tertiary/aromatic N) is 2. The number of hydrogen-bond acceptors (Lipinski definition) is 5. The molecule has 1 aliphatic heterocycles. The van der Waals surface area contributed by atoms with E-state index in [-0.39, 0.29) is 29.3 Å². The molecule has 0 radical (unpaired) electrons. The number of benzene rings is 2. The van der Waals surface area contributed by atoms with E-state index in [4.69, 9.17) is 27.7 Å². The first kappa shape index (κ1) is 21.8. The van der Waals surface area contributed by atoms with E-state index in [0.29, 0.717) is 15.7 Å². The zero-order chi connectivity index (χ0) is 22.3. The van der Waals surface area contributed by atoms with Gasteiger partial charge < -0.3 is 9.84 Å². The predicted octanol–water partition coefficient (Wildman–Crippen LogP) is 4.35. The Labute approximate surface area is 190 Å². The van der Waals surface area contributed by atoms with Gasteiger partial charge in [-0.3, -0.25) is 4.79 Å². The van der Waals surface area contributed by atoms with Crippen molar-refractivity contribution in [2.24, 2.45) is 0 Å². The molecule has 0 aliphatic carbocycles. The van der Waals surface area contributed by atoms with Gasteiger partial charge in [-0.2, -0.15) is 4.31 Å². The molecule has 1 amide bonds. The summed E-state index contributed by atoms with van der Waals surface area (Å²) >= 11 is 12.2. The first-order chi connectivity index (χ1) is 14.7. The fraction of sp³-hybridized carbons (Fsp3) is 0.238. The van der Waals surface area contributed by atoms with E-state index < -0.39 is 22.0 Å². The number of carbonyl (C=O) groups excluding carboxylic acids is 1. The number of hydrogen-bond donors (Lipinski definition) is 1. The third-order valence-electron chi connectivity index (χ3n) is 5.23. The summed E-state index contributed by atoms with van der Waals surface area (Å²) in [6, 6.07) is 11.1. The second-order valence-corrected chi connectivity index (χ2v) is 9.98. The molecule has 3 aromatic rings. The molecule has 1 unspecified atom stereocenters. The van der Waals surface area contributed by atoms with Crippen molar-refractivity contribution in [3.8, 4) is 0 Å². The quantitative estimate of drug-likeness (QED) is 0.600. The molecule has 0 saturated heterocycles. The van der Waals surface area contributed by atoms with E-state index >= 15 is 0 Å². The Hall–Kier alpha value is -2.39. The maximum absolute atomic E-state index is 13.6. The number of halogens is 2. The molecule has 4 rings (SSSR count). The lowest BCUT2D eigenvalue weighted by molar-refractivity contribution is -0.120. The van der Waals surface area contributed by atoms with Crippen molar-refractivity contribution in [3.63, 3.8) is 0 Å². The van der Waals surface area contributed by atoms with E-state index in [0.717, 1.165) is 11.1 Å². The van der Waals surface area contributed by atoms with Crippen LogP contribution in [0.3, 0.4) is 0 Å². The fourth-order valence-corrected chi connectivity index (χ4v) is 5.94. The summed E-state index contributed by atoms with van der Waals surface area (Å²) in [6.45, 7) is 3.14. The van der Waals surface area contributed by atoms with Crippen LogP contribution < -0.4 is 5.32 Å². The second-order valence-electron chi connectivity index (χ2n) is 7.31. The van der Waals surface area contributed by atoms with Crippen molar-refractivity contribution in [1.82, 2.24) is 9.46 Å². The molecule has 1 aromatic heterocycles. The zero-order valence-corrected chi connectivity index (χ0v) is 19.1. The number of aryl methyl sites for hydroxylation is 2. The number of aromatic nitrogens is 1. The highest BCUT2D eigenvalue weighted by molar-refractivity contribution is 7.89.